The maximum atomic E-state index is 12.9. The number of ether oxygens (including phenoxy) is 1. The van der Waals surface area contributed by atoms with E-state index in [1.807, 2.05) is 23.2 Å². The molecule has 3 heterocycles. The molecule has 0 spiro atoms. The van der Waals surface area contributed by atoms with Crippen molar-refractivity contribution in [1.29, 1.82) is 0 Å². The van der Waals surface area contributed by atoms with Crippen LogP contribution in [0.1, 0.15) is 34.3 Å². The van der Waals surface area contributed by atoms with Crippen molar-refractivity contribution in [3.63, 3.8) is 0 Å². The van der Waals surface area contributed by atoms with Crippen molar-refractivity contribution >= 4 is 5.91 Å². The van der Waals surface area contributed by atoms with Gasteiger partial charge in [0.2, 0.25) is 0 Å². The van der Waals surface area contributed by atoms with E-state index in [-0.39, 0.29) is 12.0 Å². The van der Waals surface area contributed by atoms with Crippen molar-refractivity contribution in [2.45, 2.75) is 32.8 Å². The lowest BCUT2D eigenvalue weighted by molar-refractivity contribution is 0.0593. The zero-order valence-corrected chi connectivity index (χ0v) is 16.2. The van der Waals surface area contributed by atoms with Crippen LogP contribution < -0.4 is 4.74 Å². The number of benzene rings is 1. The van der Waals surface area contributed by atoms with Crippen molar-refractivity contribution in [2.75, 3.05) is 13.1 Å². The Morgan fingerprint density at radius 3 is 2.54 bits per heavy atom. The number of piperidine rings is 1. The lowest BCUT2D eigenvalue weighted by atomic mass is 10.1. The number of aromatic nitrogens is 3. The normalized spacial score (nSPS) is 14.9. The molecule has 1 aliphatic rings. The van der Waals surface area contributed by atoms with Gasteiger partial charge in [-0.1, -0.05) is 18.2 Å². The summed E-state index contributed by atoms with van der Waals surface area (Å²) in [7, 11) is 0. The van der Waals surface area contributed by atoms with Crippen molar-refractivity contribution in [2.24, 2.45) is 0 Å². The first kappa shape index (κ1) is 18.2. The van der Waals surface area contributed by atoms with Crippen LogP contribution in [0.4, 0.5) is 0 Å². The Kier molecular flexibility index (Phi) is 5.10. The number of hydrogen-bond donors (Lipinski definition) is 0. The highest BCUT2D eigenvalue weighted by Crippen LogP contribution is 2.26. The number of pyridine rings is 1. The van der Waals surface area contributed by atoms with E-state index in [1.54, 1.807) is 29.4 Å². The molecule has 0 unspecified atom stereocenters. The minimum Gasteiger partial charge on any atom is -0.490 e. The Morgan fingerprint density at radius 2 is 1.86 bits per heavy atom. The highest BCUT2D eigenvalue weighted by molar-refractivity contribution is 5.94. The summed E-state index contributed by atoms with van der Waals surface area (Å²) in [6.45, 7) is 5.53. The summed E-state index contributed by atoms with van der Waals surface area (Å²) in [5.41, 5.74) is 2.96. The van der Waals surface area contributed by atoms with Crippen molar-refractivity contribution < 1.29 is 9.53 Å². The van der Waals surface area contributed by atoms with Crippen LogP contribution >= 0.6 is 0 Å². The molecule has 1 amide bonds. The molecular weight excluding hydrogens is 352 g/mol. The highest BCUT2D eigenvalue weighted by Gasteiger charge is 2.25. The van der Waals surface area contributed by atoms with E-state index in [0.717, 1.165) is 29.7 Å². The van der Waals surface area contributed by atoms with E-state index in [4.69, 9.17) is 4.74 Å². The van der Waals surface area contributed by atoms with Crippen molar-refractivity contribution in [3.8, 4) is 11.6 Å². The van der Waals surface area contributed by atoms with Crippen LogP contribution in [0.2, 0.25) is 0 Å². The van der Waals surface area contributed by atoms with E-state index in [1.165, 1.54) is 0 Å². The molecule has 28 heavy (non-hydrogen) atoms. The SMILES string of the molecule is Cc1cccc(C)c1OC1CCN(C(=O)c2ccnc(-n3ccnc3)c2)CC1. The maximum absolute atomic E-state index is 12.9. The summed E-state index contributed by atoms with van der Waals surface area (Å²) in [5.74, 6) is 1.71. The van der Waals surface area contributed by atoms with E-state index in [0.29, 0.717) is 24.5 Å². The smallest absolute Gasteiger partial charge is 0.254 e. The molecule has 0 saturated carbocycles. The van der Waals surface area contributed by atoms with Crippen molar-refractivity contribution in [1.82, 2.24) is 19.4 Å². The predicted octanol–water partition coefficient (Wildman–Crippen LogP) is 3.57. The zero-order chi connectivity index (χ0) is 19.5. The Labute approximate surface area is 164 Å². The number of likely N-dealkylation sites (tertiary alicyclic amines) is 1. The Balaban J connectivity index is 1.40. The molecule has 6 nitrogen and oxygen atoms in total. The van der Waals surface area contributed by atoms with Gasteiger partial charge in [-0.2, -0.15) is 0 Å². The molecule has 0 radical (unpaired) electrons. The second kappa shape index (κ2) is 7.84. The van der Waals surface area contributed by atoms with Crippen LogP contribution in [0.15, 0.2) is 55.2 Å². The second-order valence-electron chi connectivity index (χ2n) is 7.20. The molecule has 3 aromatic rings. The molecule has 1 aliphatic heterocycles. The van der Waals surface area contributed by atoms with Crippen molar-refractivity contribution in [3.05, 3.63) is 71.9 Å². The minimum absolute atomic E-state index is 0.0364. The number of para-hydroxylation sites is 1. The van der Waals surface area contributed by atoms with Crippen LogP contribution in [0, 0.1) is 13.8 Å². The number of aryl methyl sites for hydroxylation is 2. The van der Waals surface area contributed by atoms with Crippen LogP contribution in [0.5, 0.6) is 5.75 Å². The molecule has 1 aromatic carbocycles. The molecule has 6 heteroatoms. The Hall–Kier alpha value is -3.15. The average molecular weight is 376 g/mol. The zero-order valence-electron chi connectivity index (χ0n) is 16.2. The molecule has 0 bridgehead atoms. The fourth-order valence-electron chi connectivity index (χ4n) is 3.60. The average Bonchev–Trinajstić information content (AvgIpc) is 3.26. The third-order valence-corrected chi connectivity index (χ3v) is 5.18. The molecule has 0 N–H and O–H groups in total. The molecule has 1 saturated heterocycles. The number of amides is 1. The Morgan fingerprint density at radius 1 is 1.11 bits per heavy atom. The van der Waals surface area contributed by atoms with Gasteiger partial charge in [0.25, 0.3) is 5.91 Å². The minimum atomic E-state index is 0.0364. The summed E-state index contributed by atoms with van der Waals surface area (Å²) in [5, 5.41) is 0. The summed E-state index contributed by atoms with van der Waals surface area (Å²) >= 11 is 0. The molecule has 4 rings (SSSR count). The van der Waals surface area contributed by atoms with E-state index in [2.05, 4.69) is 35.9 Å². The first-order valence-electron chi connectivity index (χ1n) is 9.58. The Bertz CT molecular complexity index is 940. The number of carbonyl (C=O) groups excluding carboxylic acids is 1. The topological polar surface area (TPSA) is 60.2 Å². The third kappa shape index (κ3) is 3.76. The van der Waals surface area contributed by atoms with Crippen LogP contribution in [-0.2, 0) is 0 Å². The van der Waals surface area contributed by atoms with Gasteiger partial charge in [-0.05, 0) is 37.1 Å². The van der Waals surface area contributed by atoms with Crippen LogP contribution in [-0.4, -0.2) is 44.5 Å². The lowest BCUT2D eigenvalue weighted by Gasteiger charge is -2.33. The fourth-order valence-corrected chi connectivity index (χ4v) is 3.60. The molecule has 2 aromatic heterocycles. The van der Waals surface area contributed by atoms with Gasteiger partial charge in [0, 0.05) is 50.1 Å². The van der Waals surface area contributed by atoms with Gasteiger partial charge in [0.05, 0.1) is 0 Å². The van der Waals surface area contributed by atoms with E-state index >= 15 is 0 Å². The van der Waals surface area contributed by atoms with E-state index in [9.17, 15) is 4.79 Å². The number of nitrogens with zero attached hydrogens (tertiary/aromatic N) is 4. The molecule has 144 valence electrons. The maximum Gasteiger partial charge on any atom is 0.254 e. The van der Waals surface area contributed by atoms with Gasteiger partial charge in [-0.15, -0.1) is 0 Å². The molecular formula is C22H24N4O2. The van der Waals surface area contributed by atoms with Gasteiger partial charge in [-0.25, -0.2) is 9.97 Å². The van der Waals surface area contributed by atoms with Gasteiger partial charge in [0.15, 0.2) is 0 Å². The summed E-state index contributed by atoms with van der Waals surface area (Å²) in [6, 6.07) is 9.77. The van der Waals surface area contributed by atoms with Gasteiger partial charge in [0.1, 0.15) is 24.0 Å². The first-order chi connectivity index (χ1) is 13.6. The molecule has 1 fully saturated rings. The predicted molar refractivity (Wildman–Crippen MR) is 107 cm³/mol. The number of hydrogen-bond acceptors (Lipinski definition) is 4. The number of imidazole rings is 1. The second-order valence-corrected chi connectivity index (χ2v) is 7.20. The third-order valence-electron chi connectivity index (χ3n) is 5.18. The molecule has 0 aliphatic carbocycles. The monoisotopic (exact) mass is 376 g/mol. The highest BCUT2D eigenvalue weighted by atomic mass is 16.5. The fraction of sp³-hybridized carbons (Fsp3) is 0.318. The van der Waals surface area contributed by atoms with Crippen LogP contribution in [0.25, 0.3) is 5.82 Å². The largest absolute Gasteiger partial charge is 0.490 e. The standard InChI is InChI=1S/C22H24N4O2/c1-16-4-3-5-17(2)21(16)28-19-7-11-25(12-8-19)22(27)18-6-9-24-20(14-18)26-13-10-23-15-26/h3-6,9-10,13-15,19H,7-8,11-12H2,1-2H3. The summed E-state index contributed by atoms with van der Waals surface area (Å²) in [4.78, 5) is 23.2. The van der Waals surface area contributed by atoms with Gasteiger partial charge in [-0.3, -0.25) is 9.36 Å². The number of carbonyl (C=O) groups is 1. The molecule has 0 atom stereocenters. The summed E-state index contributed by atoms with van der Waals surface area (Å²) in [6.07, 6.45) is 8.65. The summed E-state index contributed by atoms with van der Waals surface area (Å²) < 4.78 is 8.05. The van der Waals surface area contributed by atoms with E-state index < -0.39 is 0 Å². The van der Waals surface area contributed by atoms with Gasteiger partial charge >= 0.3 is 0 Å². The van der Waals surface area contributed by atoms with Crippen LogP contribution in [0.3, 0.4) is 0 Å². The first-order valence-corrected chi connectivity index (χ1v) is 9.58. The van der Waals surface area contributed by atoms with Gasteiger partial charge < -0.3 is 9.64 Å². The lowest BCUT2D eigenvalue weighted by Crippen LogP contribution is -2.42. The number of rotatable bonds is 4. The quantitative estimate of drug-likeness (QED) is 0.698.